The van der Waals surface area contributed by atoms with E-state index in [2.05, 4.69) is 4.98 Å². The van der Waals surface area contributed by atoms with Gasteiger partial charge < -0.3 is 14.9 Å². The van der Waals surface area contributed by atoms with Crippen molar-refractivity contribution in [3.63, 3.8) is 0 Å². The van der Waals surface area contributed by atoms with Gasteiger partial charge in [-0.05, 0) is 24.3 Å². The molecule has 0 saturated carbocycles. The smallest absolute Gasteiger partial charge is 0.416 e. The lowest BCUT2D eigenvalue weighted by molar-refractivity contribution is -0.137. The molecule has 0 bridgehead atoms. The first kappa shape index (κ1) is 20.8. The maximum absolute atomic E-state index is 14.2. The molecule has 0 radical (unpaired) electrons. The minimum atomic E-state index is -4.53. The summed E-state index contributed by atoms with van der Waals surface area (Å²) in [6, 6.07) is 7.28. The minimum absolute atomic E-state index is 0.0396. The highest BCUT2D eigenvalue weighted by atomic mass is 19.4. The Morgan fingerprint density at radius 1 is 1.17 bits per heavy atom. The maximum atomic E-state index is 14.2. The van der Waals surface area contributed by atoms with E-state index in [1.807, 2.05) is 0 Å². The third-order valence-corrected chi connectivity index (χ3v) is 3.91. The van der Waals surface area contributed by atoms with Gasteiger partial charge in [-0.25, -0.2) is 13.8 Å². The lowest BCUT2D eigenvalue weighted by Gasteiger charge is -2.08. The average molecular weight is 423 g/mol. The number of primary amides is 1. The normalized spacial score (nSPS) is 11.2. The van der Waals surface area contributed by atoms with Crippen molar-refractivity contribution in [3.8, 4) is 23.1 Å². The van der Waals surface area contributed by atoms with Crippen LogP contribution in [0, 0.1) is 23.0 Å². The summed E-state index contributed by atoms with van der Waals surface area (Å²) >= 11 is 0. The van der Waals surface area contributed by atoms with Crippen molar-refractivity contribution in [2.45, 2.75) is 12.8 Å². The van der Waals surface area contributed by atoms with Crippen LogP contribution in [0.5, 0.6) is 5.75 Å². The molecule has 0 atom stereocenters. The zero-order valence-electron chi connectivity index (χ0n) is 14.8. The molecule has 154 valence electrons. The van der Waals surface area contributed by atoms with Crippen molar-refractivity contribution in [1.82, 2.24) is 4.98 Å². The Kier molecular flexibility index (Phi) is 5.42. The minimum Gasteiger partial charge on any atom is -0.481 e. The average Bonchev–Trinajstić information content (AvgIpc) is 3.10. The molecule has 0 aliphatic heterocycles. The van der Waals surface area contributed by atoms with Crippen LogP contribution < -0.4 is 10.5 Å². The summed E-state index contributed by atoms with van der Waals surface area (Å²) in [5.74, 6) is -4.84. The third-order valence-electron chi connectivity index (χ3n) is 3.91. The standard InChI is InChI=1S/C19H10F5N3O3/c20-11-5-6-12(16(21)15(11)18(26)28)29-8-14-27-17(13(7-25)30-14)9-1-3-10(4-2-9)19(22,23)24/h1-6H,8H2,(H2,26,28). The van der Waals surface area contributed by atoms with Crippen LogP contribution >= 0.6 is 0 Å². The first-order valence-corrected chi connectivity index (χ1v) is 8.10. The van der Waals surface area contributed by atoms with E-state index in [1.165, 1.54) is 0 Å². The highest BCUT2D eigenvalue weighted by molar-refractivity contribution is 5.93. The Labute approximate surface area is 165 Å². The molecule has 3 rings (SSSR count). The van der Waals surface area contributed by atoms with Gasteiger partial charge in [0, 0.05) is 5.56 Å². The van der Waals surface area contributed by atoms with E-state index in [-0.39, 0.29) is 22.9 Å². The molecule has 0 unspecified atom stereocenters. The Balaban J connectivity index is 1.85. The number of rotatable bonds is 5. The zero-order chi connectivity index (χ0) is 22.1. The molecule has 3 aromatic rings. The fraction of sp³-hybridized carbons (Fsp3) is 0.105. The summed E-state index contributed by atoms with van der Waals surface area (Å²) in [6.45, 7) is -0.518. The second-order valence-electron chi connectivity index (χ2n) is 5.86. The van der Waals surface area contributed by atoms with Crippen LogP contribution in [0.25, 0.3) is 11.3 Å². The highest BCUT2D eigenvalue weighted by Crippen LogP contribution is 2.32. The molecule has 2 aromatic carbocycles. The van der Waals surface area contributed by atoms with Gasteiger partial charge in [-0.15, -0.1) is 0 Å². The predicted octanol–water partition coefficient (Wildman–Crippen LogP) is 4.19. The maximum Gasteiger partial charge on any atom is 0.416 e. The highest BCUT2D eigenvalue weighted by Gasteiger charge is 2.30. The number of halogens is 5. The summed E-state index contributed by atoms with van der Waals surface area (Å²) in [6.07, 6.45) is -4.53. The van der Waals surface area contributed by atoms with Gasteiger partial charge in [0.1, 0.15) is 23.1 Å². The zero-order valence-corrected chi connectivity index (χ0v) is 14.8. The fourth-order valence-corrected chi connectivity index (χ4v) is 2.52. The quantitative estimate of drug-likeness (QED) is 0.620. The largest absolute Gasteiger partial charge is 0.481 e. The number of aromatic nitrogens is 1. The van der Waals surface area contributed by atoms with E-state index >= 15 is 0 Å². The number of nitrogens with two attached hydrogens (primary N) is 1. The number of alkyl halides is 3. The Morgan fingerprint density at radius 2 is 1.83 bits per heavy atom. The number of hydrogen-bond acceptors (Lipinski definition) is 5. The molecular weight excluding hydrogens is 413 g/mol. The molecule has 1 aromatic heterocycles. The number of ether oxygens (including phenoxy) is 1. The summed E-state index contributed by atoms with van der Waals surface area (Å²) < 4.78 is 76.0. The van der Waals surface area contributed by atoms with E-state index in [9.17, 15) is 32.0 Å². The number of benzene rings is 2. The topological polar surface area (TPSA) is 102 Å². The molecule has 0 aliphatic carbocycles. The number of hydrogen-bond donors (Lipinski definition) is 1. The van der Waals surface area contributed by atoms with E-state index in [0.717, 1.165) is 36.4 Å². The van der Waals surface area contributed by atoms with Crippen molar-refractivity contribution in [3.05, 3.63) is 70.8 Å². The van der Waals surface area contributed by atoms with E-state index in [1.54, 1.807) is 6.07 Å². The molecule has 0 fully saturated rings. The van der Waals surface area contributed by atoms with Crippen LogP contribution in [-0.4, -0.2) is 10.9 Å². The SMILES string of the molecule is N#Cc1oc(COc2ccc(F)c(C(N)=O)c2F)nc1-c1ccc(C(F)(F)F)cc1. The van der Waals surface area contributed by atoms with Crippen LogP contribution in [0.1, 0.15) is 27.6 Å². The van der Waals surface area contributed by atoms with Gasteiger partial charge in [0.2, 0.25) is 11.7 Å². The molecular formula is C19H10F5N3O3. The second kappa shape index (κ2) is 7.82. The van der Waals surface area contributed by atoms with Crippen molar-refractivity contribution in [2.75, 3.05) is 0 Å². The Bertz CT molecular complexity index is 1150. The van der Waals surface area contributed by atoms with E-state index in [0.29, 0.717) is 0 Å². The number of nitriles is 1. The van der Waals surface area contributed by atoms with Gasteiger partial charge in [-0.2, -0.15) is 18.4 Å². The summed E-state index contributed by atoms with van der Waals surface area (Å²) in [5, 5.41) is 9.18. The molecule has 1 amide bonds. The summed E-state index contributed by atoms with van der Waals surface area (Å²) in [4.78, 5) is 15.1. The predicted molar refractivity (Wildman–Crippen MR) is 90.9 cm³/mol. The van der Waals surface area contributed by atoms with Crippen molar-refractivity contribution in [1.29, 1.82) is 5.26 Å². The molecule has 11 heteroatoms. The first-order chi connectivity index (χ1) is 14.1. The molecule has 2 N–H and O–H groups in total. The second-order valence-corrected chi connectivity index (χ2v) is 5.86. The van der Waals surface area contributed by atoms with Crippen molar-refractivity contribution < 1.29 is 35.9 Å². The van der Waals surface area contributed by atoms with Crippen LogP contribution in [0.4, 0.5) is 22.0 Å². The molecule has 30 heavy (non-hydrogen) atoms. The van der Waals surface area contributed by atoms with E-state index < -0.39 is 47.2 Å². The van der Waals surface area contributed by atoms with Gasteiger partial charge >= 0.3 is 6.18 Å². The first-order valence-electron chi connectivity index (χ1n) is 8.10. The van der Waals surface area contributed by atoms with Crippen LogP contribution in [0.2, 0.25) is 0 Å². The molecule has 1 heterocycles. The van der Waals surface area contributed by atoms with Gasteiger partial charge in [-0.1, -0.05) is 12.1 Å². The Morgan fingerprint density at radius 3 is 2.40 bits per heavy atom. The number of oxazole rings is 1. The molecule has 0 aliphatic rings. The van der Waals surface area contributed by atoms with Crippen LogP contribution in [0.15, 0.2) is 40.8 Å². The third kappa shape index (κ3) is 4.07. The summed E-state index contributed by atoms with van der Waals surface area (Å²) in [5.41, 5.74) is 3.20. The summed E-state index contributed by atoms with van der Waals surface area (Å²) in [7, 11) is 0. The number of nitrogens with zero attached hydrogens (tertiary/aromatic N) is 2. The van der Waals surface area contributed by atoms with Gasteiger partial charge in [0.15, 0.2) is 18.2 Å². The van der Waals surface area contributed by atoms with Gasteiger partial charge in [0.05, 0.1) is 5.56 Å². The number of amides is 1. The van der Waals surface area contributed by atoms with Gasteiger partial charge in [0.25, 0.3) is 5.91 Å². The molecule has 6 nitrogen and oxygen atoms in total. The van der Waals surface area contributed by atoms with Crippen LogP contribution in [-0.2, 0) is 12.8 Å². The lowest BCUT2D eigenvalue weighted by Crippen LogP contribution is -2.16. The Hall–Kier alpha value is -3.94. The van der Waals surface area contributed by atoms with Crippen molar-refractivity contribution >= 4 is 5.91 Å². The molecule has 0 saturated heterocycles. The lowest BCUT2D eigenvalue weighted by atomic mass is 10.1. The van der Waals surface area contributed by atoms with Gasteiger partial charge in [-0.3, -0.25) is 4.79 Å². The van der Waals surface area contributed by atoms with E-state index in [4.69, 9.17) is 14.9 Å². The monoisotopic (exact) mass is 423 g/mol. The fourth-order valence-electron chi connectivity index (χ4n) is 2.52. The molecule has 0 spiro atoms. The number of carbonyl (C=O) groups excluding carboxylic acids is 1. The van der Waals surface area contributed by atoms with Crippen LogP contribution in [0.3, 0.4) is 0 Å². The number of carbonyl (C=O) groups is 1. The van der Waals surface area contributed by atoms with Crippen molar-refractivity contribution in [2.24, 2.45) is 5.73 Å².